The first kappa shape index (κ1) is 13.1. The number of nitrogen functional groups attached to an aromatic ring is 1. The minimum atomic E-state index is -0.549. The Balaban J connectivity index is 2.05. The molecule has 0 saturated carbocycles. The molecule has 0 radical (unpaired) electrons. The summed E-state index contributed by atoms with van der Waals surface area (Å²) in [6.07, 6.45) is 0. The maximum Gasteiger partial charge on any atom is 0.300 e. The van der Waals surface area contributed by atoms with E-state index in [1.54, 1.807) is 13.1 Å². The van der Waals surface area contributed by atoms with Crippen molar-refractivity contribution in [2.75, 3.05) is 20.1 Å². The molecule has 0 spiro atoms. The highest BCUT2D eigenvalue weighted by Gasteiger charge is 2.28. The Kier molecular flexibility index (Phi) is 3.52. The molecule has 1 aromatic heterocycles. The highest BCUT2D eigenvalue weighted by Crippen LogP contribution is 2.13. The van der Waals surface area contributed by atoms with Crippen LogP contribution in [0.1, 0.15) is 16.3 Å². The molecular formula is C11H14N4O4. The van der Waals surface area contributed by atoms with Gasteiger partial charge in [0.2, 0.25) is 11.8 Å². The van der Waals surface area contributed by atoms with Crippen LogP contribution < -0.4 is 11.3 Å². The average Bonchev–Trinajstić information content (AvgIpc) is 2.83. The summed E-state index contributed by atoms with van der Waals surface area (Å²) in [4.78, 5) is 37.2. The number of hydrazine groups is 1. The zero-order chi connectivity index (χ0) is 14.0. The van der Waals surface area contributed by atoms with Gasteiger partial charge in [0.1, 0.15) is 12.3 Å². The molecule has 1 aromatic rings. The third-order valence-corrected chi connectivity index (χ3v) is 2.84. The first-order valence-electron chi connectivity index (χ1n) is 5.62. The van der Waals surface area contributed by atoms with Crippen LogP contribution in [0.5, 0.6) is 0 Å². The number of hydrogen-bond acceptors (Lipinski definition) is 5. The van der Waals surface area contributed by atoms with Crippen LogP contribution in [0.4, 0.5) is 0 Å². The summed E-state index contributed by atoms with van der Waals surface area (Å²) in [5.41, 5.74) is 1.95. The molecule has 2 heterocycles. The third-order valence-electron chi connectivity index (χ3n) is 2.84. The lowest BCUT2D eigenvalue weighted by molar-refractivity contribution is -0.149. The van der Waals surface area contributed by atoms with E-state index in [0.717, 1.165) is 0 Å². The van der Waals surface area contributed by atoms with Gasteiger partial charge >= 0.3 is 5.91 Å². The van der Waals surface area contributed by atoms with E-state index >= 15 is 0 Å². The number of hydrogen-bond donors (Lipinski definition) is 2. The van der Waals surface area contributed by atoms with Crippen molar-refractivity contribution in [1.82, 2.24) is 15.2 Å². The van der Waals surface area contributed by atoms with E-state index in [4.69, 9.17) is 10.3 Å². The maximum absolute atomic E-state index is 11.7. The minimum absolute atomic E-state index is 0.00838. The molecule has 1 aliphatic heterocycles. The van der Waals surface area contributed by atoms with E-state index in [9.17, 15) is 14.4 Å². The summed E-state index contributed by atoms with van der Waals surface area (Å²) in [6.45, 7) is 0.209. The van der Waals surface area contributed by atoms with Crippen LogP contribution in [-0.2, 0) is 16.1 Å². The number of nitrogens with zero attached hydrogens (tertiary/aromatic N) is 2. The van der Waals surface area contributed by atoms with Crippen molar-refractivity contribution in [2.45, 2.75) is 6.54 Å². The molecule has 8 heteroatoms. The van der Waals surface area contributed by atoms with Crippen LogP contribution in [0.3, 0.4) is 0 Å². The quantitative estimate of drug-likeness (QED) is 0.401. The fraction of sp³-hybridized carbons (Fsp3) is 0.364. The Labute approximate surface area is 109 Å². The van der Waals surface area contributed by atoms with Crippen molar-refractivity contribution in [3.63, 3.8) is 0 Å². The highest BCUT2D eigenvalue weighted by atomic mass is 16.4. The molecule has 0 unspecified atom stereocenters. The molecule has 0 bridgehead atoms. The molecule has 3 amide bonds. The van der Waals surface area contributed by atoms with E-state index in [0.29, 0.717) is 5.76 Å². The number of furan rings is 1. The second-order valence-electron chi connectivity index (χ2n) is 4.24. The van der Waals surface area contributed by atoms with Crippen molar-refractivity contribution < 1.29 is 18.8 Å². The molecule has 0 aromatic carbocycles. The van der Waals surface area contributed by atoms with E-state index in [-0.39, 0.29) is 37.2 Å². The number of nitrogens with two attached hydrogens (primary N) is 1. The second-order valence-corrected chi connectivity index (χ2v) is 4.24. The Morgan fingerprint density at radius 3 is 2.79 bits per heavy atom. The maximum atomic E-state index is 11.7. The standard InChI is InChI=1S/C11H14N4O4/c1-14-5-10(17)15(6-9(14)16)4-7-2-3-8(19-7)11(18)13-12/h2-3H,4-6,12H2,1H3,(H,13,18). The van der Waals surface area contributed by atoms with Crippen molar-refractivity contribution in [3.8, 4) is 0 Å². The summed E-state index contributed by atoms with van der Waals surface area (Å²) in [7, 11) is 1.58. The highest BCUT2D eigenvalue weighted by molar-refractivity contribution is 5.92. The lowest BCUT2D eigenvalue weighted by Gasteiger charge is -2.30. The molecule has 1 saturated heterocycles. The fourth-order valence-electron chi connectivity index (χ4n) is 1.75. The van der Waals surface area contributed by atoms with Crippen LogP contribution in [-0.4, -0.2) is 47.7 Å². The van der Waals surface area contributed by atoms with Gasteiger partial charge in [-0.1, -0.05) is 0 Å². The lowest BCUT2D eigenvalue weighted by atomic mass is 10.3. The predicted molar refractivity (Wildman–Crippen MR) is 63.4 cm³/mol. The molecule has 2 rings (SSSR count). The Bertz CT molecular complexity index is 525. The zero-order valence-corrected chi connectivity index (χ0v) is 10.4. The summed E-state index contributed by atoms with van der Waals surface area (Å²) in [5.74, 6) is 4.61. The number of amides is 3. The van der Waals surface area contributed by atoms with Crippen molar-refractivity contribution in [3.05, 3.63) is 23.7 Å². The number of rotatable bonds is 3. The number of likely N-dealkylation sites (N-methyl/N-ethyl adjacent to an activating group) is 1. The first-order chi connectivity index (χ1) is 9.01. The predicted octanol–water partition coefficient (Wildman–Crippen LogP) is -1.32. The van der Waals surface area contributed by atoms with Gasteiger partial charge in [0, 0.05) is 7.05 Å². The largest absolute Gasteiger partial charge is 0.454 e. The topological polar surface area (TPSA) is 109 Å². The Hall–Kier alpha value is -2.35. The molecule has 1 fully saturated rings. The molecule has 1 aliphatic rings. The van der Waals surface area contributed by atoms with Gasteiger partial charge in [-0.3, -0.25) is 19.8 Å². The molecular weight excluding hydrogens is 252 g/mol. The number of nitrogens with one attached hydrogen (secondary N) is 1. The number of piperazine rings is 1. The molecule has 3 N–H and O–H groups in total. The Morgan fingerprint density at radius 1 is 1.37 bits per heavy atom. The van der Waals surface area contributed by atoms with Gasteiger partial charge in [-0.15, -0.1) is 0 Å². The Morgan fingerprint density at radius 2 is 2.11 bits per heavy atom. The van der Waals surface area contributed by atoms with Crippen molar-refractivity contribution >= 4 is 17.7 Å². The van der Waals surface area contributed by atoms with E-state index in [2.05, 4.69) is 0 Å². The average molecular weight is 266 g/mol. The van der Waals surface area contributed by atoms with E-state index in [1.807, 2.05) is 5.43 Å². The van der Waals surface area contributed by atoms with Crippen LogP contribution in [0.15, 0.2) is 16.5 Å². The zero-order valence-electron chi connectivity index (χ0n) is 10.4. The van der Waals surface area contributed by atoms with Crippen LogP contribution in [0, 0.1) is 0 Å². The molecule has 102 valence electrons. The van der Waals surface area contributed by atoms with Gasteiger partial charge in [0.25, 0.3) is 0 Å². The number of carbonyl (C=O) groups is 3. The summed E-state index contributed by atoms with van der Waals surface area (Å²) >= 11 is 0. The van der Waals surface area contributed by atoms with Gasteiger partial charge in [-0.25, -0.2) is 5.84 Å². The van der Waals surface area contributed by atoms with Gasteiger partial charge < -0.3 is 14.2 Å². The van der Waals surface area contributed by atoms with E-state index in [1.165, 1.54) is 15.9 Å². The first-order valence-corrected chi connectivity index (χ1v) is 5.62. The summed E-state index contributed by atoms with van der Waals surface area (Å²) in [6, 6.07) is 3.03. The van der Waals surface area contributed by atoms with Crippen molar-refractivity contribution in [2.24, 2.45) is 5.84 Å². The van der Waals surface area contributed by atoms with Crippen LogP contribution in [0.2, 0.25) is 0 Å². The molecule has 8 nitrogen and oxygen atoms in total. The van der Waals surface area contributed by atoms with Gasteiger partial charge in [0.15, 0.2) is 5.76 Å². The number of carbonyl (C=O) groups excluding carboxylic acids is 3. The molecule has 0 aliphatic carbocycles. The summed E-state index contributed by atoms with van der Waals surface area (Å²) < 4.78 is 5.24. The van der Waals surface area contributed by atoms with Gasteiger partial charge in [0.05, 0.1) is 13.1 Å². The summed E-state index contributed by atoms with van der Waals surface area (Å²) in [5, 5.41) is 0. The van der Waals surface area contributed by atoms with Crippen LogP contribution in [0.25, 0.3) is 0 Å². The third kappa shape index (κ3) is 2.74. The van der Waals surface area contributed by atoms with Crippen molar-refractivity contribution in [1.29, 1.82) is 0 Å². The molecule has 19 heavy (non-hydrogen) atoms. The van der Waals surface area contributed by atoms with Gasteiger partial charge in [-0.2, -0.15) is 0 Å². The molecule has 0 atom stereocenters. The van der Waals surface area contributed by atoms with Crippen LogP contribution >= 0.6 is 0 Å². The fourth-order valence-corrected chi connectivity index (χ4v) is 1.75. The minimum Gasteiger partial charge on any atom is -0.454 e. The second kappa shape index (κ2) is 5.11. The van der Waals surface area contributed by atoms with Gasteiger partial charge in [-0.05, 0) is 12.1 Å². The SMILES string of the molecule is CN1CC(=O)N(Cc2ccc(C(=O)NN)o2)CC1=O. The normalized spacial score (nSPS) is 15.9. The monoisotopic (exact) mass is 266 g/mol. The van der Waals surface area contributed by atoms with E-state index < -0.39 is 5.91 Å². The smallest absolute Gasteiger partial charge is 0.300 e. The lowest BCUT2D eigenvalue weighted by Crippen LogP contribution is -2.51.